The molecule has 1 aromatic heterocycles. The van der Waals surface area contributed by atoms with Crippen molar-refractivity contribution in [3.8, 4) is 11.1 Å². The molecule has 0 fully saturated rings. The minimum atomic E-state index is -0.989. The van der Waals surface area contributed by atoms with E-state index in [4.69, 9.17) is 5.11 Å². The van der Waals surface area contributed by atoms with Gasteiger partial charge in [-0.05, 0) is 59.0 Å². The summed E-state index contributed by atoms with van der Waals surface area (Å²) >= 11 is 0. The summed E-state index contributed by atoms with van der Waals surface area (Å²) in [6, 6.07) is 23.8. The van der Waals surface area contributed by atoms with Gasteiger partial charge in [0.2, 0.25) is 0 Å². The number of rotatable bonds is 5. The number of fused-ring (bicyclic) bond motifs is 1. The molecule has 0 saturated carbocycles. The number of anilines is 1. The van der Waals surface area contributed by atoms with Crippen molar-refractivity contribution >= 4 is 28.6 Å². The van der Waals surface area contributed by atoms with Crippen LogP contribution in [0.25, 0.3) is 22.0 Å². The van der Waals surface area contributed by atoms with Crippen LogP contribution in [0.3, 0.4) is 0 Å². The van der Waals surface area contributed by atoms with Crippen LogP contribution in [0, 0.1) is 0 Å². The summed E-state index contributed by atoms with van der Waals surface area (Å²) in [4.78, 5) is 28.6. The van der Waals surface area contributed by atoms with Gasteiger partial charge in [-0.1, -0.05) is 56.3 Å². The zero-order valence-corrected chi connectivity index (χ0v) is 17.3. The fraction of sp³-hybridized carbons (Fsp3) is 0.115. The van der Waals surface area contributed by atoms with Crippen LogP contribution in [0.1, 0.15) is 46.0 Å². The maximum absolute atomic E-state index is 13.0. The number of carboxylic acids is 1. The largest absolute Gasteiger partial charge is 0.478 e. The van der Waals surface area contributed by atoms with Gasteiger partial charge in [-0.2, -0.15) is 0 Å². The highest BCUT2D eigenvalue weighted by molar-refractivity contribution is 6.08. The van der Waals surface area contributed by atoms with E-state index >= 15 is 0 Å². The second-order valence-electron chi connectivity index (χ2n) is 7.69. The van der Waals surface area contributed by atoms with Gasteiger partial charge in [-0.3, -0.25) is 4.79 Å². The van der Waals surface area contributed by atoms with Gasteiger partial charge in [0.15, 0.2) is 0 Å². The third kappa shape index (κ3) is 4.31. The molecular formula is C26H22N2O3. The Morgan fingerprint density at radius 2 is 1.65 bits per heavy atom. The molecule has 0 bridgehead atoms. The lowest BCUT2D eigenvalue weighted by Crippen LogP contribution is -2.14. The third-order valence-electron chi connectivity index (χ3n) is 5.24. The summed E-state index contributed by atoms with van der Waals surface area (Å²) in [5.74, 6) is -0.390. The van der Waals surface area contributed by atoms with Crippen molar-refractivity contribution in [1.82, 2.24) is 4.98 Å². The van der Waals surface area contributed by atoms with E-state index < -0.39 is 5.97 Å². The Bertz CT molecular complexity index is 1280. The first-order valence-electron chi connectivity index (χ1n) is 10.1. The molecule has 3 aromatic carbocycles. The molecule has 4 rings (SSSR count). The minimum Gasteiger partial charge on any atom is -0.478 e. The van der Waals surface area contributed by atoms with Gasteiger partial charge >= 0.3 is 5.97 Å². The first-order valence-corrected chi connectivity index (χ1v) is 10.1. The molecule has 0 saturated heterocycles. The van der Waals surface area contributed by atoms with Crippen molar-refractivity contribution in [3.05, 3.63) is 95.6 Å². The number of carbonyl (C=O) groups is 2. The maximum Gasteiger partial charge on any atom is 0.335 e. The van der Waals surface area contributed by atoms with E-state index in [-0.39, 0.29) is 11.5 Å². The van der Waals surface area contributed by atoms with Crippen molar-refractivity contribution in [2.24, 2.45) is 0 Å². The number of carboxylic acid groups (broad SMARTS) is 1. The molecule has 1 heterocycles. The van der Waals surface area contributed by atoms with Crippen LogP contribution in [-0.4, -0.2) is 22.0 Å². The predicted molar refractivity (Wildman–Crippen MR) is 123 cm³/mol. The summed E-state index contributed by atoms with van der Waals surface area (Å²) in [5, 5.41) is 12.7. The Kier molecular flexibility index (Phi) is 5.50. The van der Waals surface area contributed by atoms with E-state index in [0.29, 0.717) is 28.2 Å². The number of carbonyl (C=O) groups excluding carboxylic acids is 1. The van der Waals surface area contributed by atoms with Crippen LogP contribution in [0.5, 0.6) is 0 Å². The molecule has 0 radical (unpaired) electrons. The molecule has 2 N–H and O–H groups in total. The van der Waals surface area contributed by atoms with E-state index in [1.807, 2.05) is 30.3 Å². The van der Waals surface area contributed by atoms with Gasteiger partial charge in [-0.15, -0.1) is 0 Å². The topological polar surface area (TPSA) is 79.3 Å². The predicted octanol–water partition coefficient (Wildman–Crippen LogP) is 5.98. The van der Waals surface area contributed by atoms with Gasteiger partial charge in [0.25, 0.3) is 5.91 Å². The van der Waals surface area contributed by atoms with Crippen molar-refractivity contribution < 1.29 is 14.7 Å². The first-order chi connectivity index (χ1) is 14.9. The van der Waals surface area contributed by atoms with Crippen molar-refractivity contribution in [1.29, 1.82) is 0 Å². The van der Waals surface area contributed by atoms with Crippen LogP contribution < -0.4 is 5.32 Å². The number of hydrogen-bond acceptors (Lipinski definition) is 3. The molecule has 154 valence electrons. The molecule has 5 nitrogen and oxygen atoms in total. The number of aromatic nitrogens is 1. The van der Waals surface area contributed by atoms with Crippen LogP contribution in [0.15, 0.2) is 78.9 Å². The maximum atomic E-state index is 13.0. The number of nitrogens with zero attached hydrogens (tertiary/aromatic N) is 1. The zero-order valence-electron chi connectivity index (χ0n) is 17.3. The molecular weight excluding hydrogens is 388 g/mol. The standard InChI is InChI=1S/C26H22N2O3/c1-16(2)17-7-9-18(10-8-17)21-5-3-4-6-22(21)25(29)28-24-14-12-19-15-20(26(30)31)11-13-23(19)27-24/h3-16H,1-2H3,(H,30,31)(H,27,28,29). The number of benzene rings is 3. The van der Waals surface area contributed by atoms with Gasteiger partial charge < -0.3 is 10.4 Å². The number of nitrogens with one attached hydrogen (secondary N) is 1. The van der Waals surface area contributed by atoms with Crippen molar-refractivity contribution in [2.75, 3.05) is 5.32 Å². The average molecular weight is 410 g/mol. The Balaban J connectivity index is 1.62. The van der Waals surface area contributed by atoms with E-state index in [2.05, 4.69) is 36.3 Å². The zero-order chi connectivity index (χ0) is 22.0. The summed E-state index contributed by atoms with van der Waals surface area (Å²) < 4.78 is 0. The number of amides is 1. The minimum absolute atomic E-state index is 0.198. The Morgan fingerprint density at radius 3 is 2.35 bits per heavy atom. The summed E-state index contributed by atoms with van der Waals surface area (Å²) in [6.45, 7) is 4.30. The first kappa shape index (κ1) is 20.3. The quantitative estimate of drug-likeness (QED) is 0.424. The van der Waals surface area contributed by atoms with Crippen molar-refractivity contribution in [3.63, 3.8) is 0 Å². The highest BCUT2D eigenvalue weighted by Gasteiger charge is 2.14. The van der Waals surface area contributed by atoms with E-state index in [9.17, 15) is 9.59 Å². The Hall–Kier alpha value is -3.99. The second kappa shape index (κ2) is 8.40. The molecule has 0 atom stereocenters. The van der Waals surface area contributed by atoms with E-state index in [0.717, 1.165) is 11.1 Å². The fourth-order valence-corrected chi connectivity index (χ4v) is 3.49. The summed E-state index contributed by atoms with van der Waals surface area (Å²) in [7, 11) is 0. The average Bonchev–Trinajstić information content (AvgIpc) is 2.78. The SMILES string of the molecule is CC(C)c1ccc(-c2ccccc2C(=O)Nc2ccc3cc(C(=O)O)ccc3n2)cc1. The molecule has 0 aliphatic rings. The van der Waals surface area contributed by atoms with E-state index in [1.165, 1.54) is 11.6 Å². The number of hydrogen-bond donors (Lipinski definition) is 2. The molecule has 1 amide bonds. The molecule has 5 heteroatoms. The normalized spacial score (nSPS) is 10.9. The third-order valence-corrected chi connectivity index (χ3v) is 5.24. The second-order valence-corrected chi connectivity index (χ2v) is 7.69. The summed E-state index contributed by atoms with van der Waals surface area (Å²) in [6.07, 6.45) is 0. The Labute approximate surface area is 180 Å². The fourth-order valence-electron chi connectivity index (χ4n) is 3.49. The summed E-state index contributed by atoms with van der Waals surface area (Å²) in [5.41, 5.74) is 4.44. The van der Waals surface area contributed by atoms with Gasteiger partial charge in [0, 0.05) is 10.9 Å². The number of pyridine rings is 1. The lowest BCUT2D eigenvalue weighted by atomic mass is 9.96. The molecule has 0 aliphatic heterocycles. The molecule has 31 heavy (non-hydrogen) atoms. The highest BCUT2D eigenvalue weighted by atomic mass is 16.4. The molecule has 4 aromatic rings. The number of aromatic carboxylic acids is 1. The smallest absolute Gasteiger partial charge is 0.335 e. The Morgan fingerprint density at radius 1 is 0.903 bits per heavy atom. The van der Waals surface area contributed by atoms with Crippen LogP contribution in [0.2, 0.25) is 0 Å². The van der Waals surface area contributed by atoms with Crippen LogP contribution >= 0.6 is 0 Å². The molecule has 0 aliphatic carbocycles. The van der Waals surface area contributed by atoms with Gasteiger partial charge in [0.1, 0.15) is 5.82 Å². The van der Waals surface area contributed by atoms with E-state index in [1.54, 1.807) is 30.3 Å². The highest BCUT2D eigenvalue weighted by Crippen LogP contribution is 2.27. The molecule has 0 unspecified atom stereocenters. The lowest BCUT2D eigenvalue weighted by molar-refractivity contribution is 0.0697. The van der Waals surface area contributed by atoms with Gasteiger partial charge in [-0.25, -0.2) is 9.78 Å². The molecule has 0 spiro atoms. The van der Waals surface area contributed by atoms with Crippen LogP contribution in [0.4, 0.5) is 5.82 Å². The van der Waals surface area contributed by atoms with Crippen molar-refractivity contribution in [2.45, 2.75) is 19.8 Å². The monoisotopic (exact) mass is 410 g/mol. The van der Waals surface area contributed by atoms with Gasteiger partial charge in [0.05, 0.1) is 11.1 Å². The lowest BCUT2D eigenvalue weighted by Gasteiger charge is -2.12. The van der Waals surface area contributed by atoms with Crippen LogP contribution in [-0.2, 0) is 0 Å².